The summed E-state index contributed by atoms with van der Waals surface area (Å²) in [4.78, 5) is 0. The first kappa shape index (κ1) is 19.5. The lowest BCUT2D eigenvalue weighted by atomic mass is 10.9. The third-order valence-corrected chi connectivity index (χ3v) is 8.98. The molecule has 0 radical (unpaired) electrons. The highest BCUT2D eigenvalue weighted by atomic mass is 32.3. The second kappa shape index (κ2) is 6.85. The Balaban J connectivity index is 2.29. The van der Waals surface area contributed by atoms with Crippen molar-refractivity contribution in [2.24, 2.45) is 0 Å². The Kier molecular flexibility index (Phi) is 5.58. The minimum atomic E-state index is -4.93. The summed E-state index contributed by atoms with van der Waals surface area (Å²) in [5.74, 6) is -1.65. The molecule has 0 aromatic carbocycles. The van der Waals surface area contributed by atoms with Crippen LogP contribution in [-0.4, -0.2) is 35.0 Å². The zero-order valence-corrected chi connectivity index (χ0v) is 16.5. The van der Waals surface area contributed by atoms with Gasteiger partial charge in [0.2, 0.25) is 11.8 Å². The van der Waals surface area contributed by atoms with E-state index in [1.807, 2.05) is 0 Å². The fourth-order valence-electron chi connectivity index (χ4n) is 1.23. The molecule has 132 valence electrons. The number of hydrogen-bond donors (Lipinski definition) is 2. The number of thiazole rings is 2. The first-order valence-corrected chi connectivity index (χ1v) is 11.5. The molecule has 0 atom stereocenters. The third kappa shape index (κ3) is 3.89. The molecular weight excluding hydrogens is 467 g/mol. The number of aromatic nitrogens is 2. The van der Waals surface area contributed by atoms with Crippen molar-refractivity contribution in [1.29, 1.82) is 0 Å². The molecule has 0 fully saturated rings. The highest BCUT2D eigenvalue weighted by molar-refractivity contribution is 7.92. The van der Waals surface area contributed by atoms with Crippen LogP contribution in [0.5, 0.6) is 11.8 Å². The first-order valence-electron chi connectivity index (χ1n) is 5.12. The van der Waals surface area contributed by atoms with Crippen LogP contribution in [0.15, 0.2) is 10.8 Å². The van der Waals surface area contributed by atoms with Gasteiger partial charge in [0, 0.05) is 12.5 Å². The van der Waals surface area contributed by atoms with E-state index in [-0.39, 0.29) is 15.9 Å². The van der Waals surface area contributed by atoms with Gasteiger partial charge < -0.3 is 10.2 Å². The van der Waals surface area contributed by atoms with Crippen LogP contribution in [0, 0.1) is 7.91 Å². The minimum Gasteiger partial charge on any atom is -0.493 e. The van der Waals surface area contributed by atoms with E-state index < -0.39 is 40.6 Å². The van der Waals surface area contributed by atoms with Crippen molar-refractivity contribution < 1.29 is 39.6 Å². The molecule has 24 heavy (non-hydrogen) atoms. The maximum absolute atomic E-state index is 11.8. The van der Waals surface area contributed by atoms with Gasteiger partial charge in [-0.2, -0.15) is 24.8 Å². The molecule has 2 aromatic rings. The number of nitrogens with zero attached hydrogens (tertiary/aromatic N) is 2. The zero-order valence-electron chi connectivity index (χ0n) is 10.7. The van der Waals surface area contributed by atoms with Crippen molar-refractivity contribution in [3.05, 3.63) is 18.7 Å². The molecule has 2 N–H and O–H groups in total. The predicted octanol–water partition coefficient (Wildman–Crippen LogP) is 1.86. The van der Waals surface area contributed by atoms with E-state index in [0.717, 1.165) is 10.8 Å². The van der Waals surface area contributed by atoms with Crippen LogP contribution in [0.4, 0.5) is 0 Å². The summed E-state index contributed by atoms with van der Waals surface area (Å²) in [6.07, 6.45) is 0. The molecule has 0 aliphatic heterocycles. The number of aromatic hydroxyl groups is 2. The predicted molar refractivity (Wildman–Crippen MR) is 88.0 cm³/mol. The van der Waals surface area contributed by atoms with E-state index in [1.54, 1.807) is 0 Å². The Bertz CT molecular complexity index is 1030. The van der Waals surface area contributed by atoms with Gasteiger partial charge in [-0.25, -0.2) is 0 Å². The van der Waals surface area contributed by atoms with Gasteiger partial charge in [-0.3, -0.25) is 0 Å². The fraction of sp³-hybridized carbons (Fsp3) is 0. The quantitative estimate of drug-likeness (QED) is 0.468. The lowest BCUT2D eigenvalue weighted by molar-refractivity contribution is 0.386. The van der Waals surface area contributed by atoms with Crippen LogP contribution in [0.1, 0.15) is 0 Å². The first-order chi connectivity index (χ1) is 11.0. The highest BCUT2D eigenvalue weighted by Gasteiger charge is 2.41. The second-order valence-electron chi connectivity index (χ2n) is 3.54. The normalized spacial score (nSPS) is 12.3. The Morgan fingerprint density at radius 1 is 0.917 bits per heavy atom. The molecule has 0 spiro atoms. The Morgan fingerprint density at radius 2 is 1.25 bits per heavy atom. The van der Waals surface area contributed by atoms with Crippen LogP contribution in [0.25, 0.3) is 0 Å². The maximum atomic E-state index is 11.8. The van der Waals surface area contributed by atoms with Gasteiger partial charge in [0.25, 0.3) is 0 Å². The summed E-state index contributed by atoms with van der Waals surface area (Å²) in [5, 5.41) is 20.7. The summed E-state index contributed by atoms with van der Waals surface area (Å²) >= 11 is 10.6. The van der Waals surface area contributed by atoms with Crippen molar-refractivity contribution in [3.8, 4) is 11.8 Å². The molecule has 0 saturated heterocycles. The average molecular weight is 471 g/mol. The van der Waals surface area contributed by atoms with E-state index >= 15 is 0 Å². The maximum Gasteiger partial charge on any atom is 0.735 e. The molecule has 2 rings (SSSR count). The van der Waals surface area contributed by atoms with Crippen LogP contribution >= 0.6 is 55.4 Å². The van der Waals surface area contributed by atoms with Crippen molar-refractivity contribution in [3.63, 3.8) is 0 Å². The minimum absolute atomic E-state index is 0.115. The standard InChI is InChI=1S/C6H3N2O9PS6/c9-3-1-21-5(19)7(3)23(12,13)16-18(11)17-24(14,15)8-4(10)2-22-6(8)20/h1-2H,(H-,9,10)/p+1. The SMILES string of the molecule is O=[P+](OS(=O)(=O)n1c(O)csc1=S)OS(=O)(=O)n1c(O)csc1=S. The van der Waals surface area contributed by atoms with Gasteiger partial charge in [0.05, 0.1) is 10.8 Å². The van der Waals surface area contributed by atoms with Crippen LogP contribution in [-0.2, 0) is 33.1 Å². The fourth-order valence-corrected chi connectivity index (χ4v) is 7.21. The smallest absolute Gasteiger partial charge is 0.493 e. The molecule has 0 bridgehead atoms. The Labute approximate surface area is 153 Å². The summed E-state index contributed by atoms with van der Waals surface area (Å²) in [7, 11) is -13.7. The molecule has 18 heteroatoms. The van der Waals surface area contributed by atoms with Crippen LogP contribution in [0.3, 0.4) is 0 Å². The molecule has 0 unspecified atom stereocenters. The van der Waals surface area contributed by atoms with Gasteiger partial charge >= 0.3 is 28.9 Å². The van der Waals surface area contributed by atoms with E-state index in [4.69, 9.17) is 0 Å². The van der Waals surface area contributed by atoms with E-state index in [2.05, 4.69) is 32.4 Å². The average Bonchev–Trinajstić information content (AvgIpc) is 2.91. The van der Waals surface area contributed by atoms with Gasteiger partial charge in [0.15, 0.2) is 7.91 Å². The van der Waals surface area contributed by atoms with E-state index in [9.17, 15) is 31.6 Å². The number of rotatable bonds is 6. The lowest BCUT2D eigenvalue weighted by Crippen LogP contribution is -2.16. The van der Waals surface area contributed by atoms with E-state index in [0.29, 0.717) is 22.7 Å². The van der Waals surface area contributed by atoms with Gasteiger partial charge in [-0.05, 0) is 24.4 Å². The van der Waals surface area contributed by atoms with Gasteiger partial charge in [-0.1, -0.05) is 0 Å². The molecule has 0 aliphatic carbocycles. The number of hydrogen-bond acceptors (Lipinski definition) is 13. The summed E-state index contributed by atoms with van der Waals surface area (Å²) in [6, 6.07) is 0. The summed E-state index contributed by atoms with van der Waals surface area (Å²) in [6.45, 7) is 0. The molecular formula is C6H4N2O9PS6+. The van der Waals surface area contributed by atoms with Crippen LogP contribution in [0.2, 0.25) is 0 Å². The Hall–Kier alpha value is -0.780. The summed E-state index contributed by atoms with van der Waals surface area (Å²) in [5.41, 5.74) is 0. The summed E-state index contributed by atoms with van der Waals surface area (Å²) < 4.78 is 66.6. The largest absolute Gasteiger partial charge is 0.735 e. The lowest BCUT2D eigenvalue weighted by Gasteiger charge is -2.00. The van der Waals surface area contributed by atoms with Crippen molar-refractivity contribution in [2.45, 2.75) is 0 Å². The molecule has 0 saturated carbocycles. The van der Waals surface area contributed by atoms with Gasteiger partial charge in [0.1, 0.15) is 0 Å². The second-order valence-corrected chi connectivity index (χ2v) is 10.6. The van der Waals surface area contributed by atoms with Crippen molar-refractivity contribution >= 4 is 76.0 Å². The molecule has 2 heterocycles. The van der Waals surface area contributed by atoms with Crippen molar-refractivity contribution in [2.75, 3.05) is 0 Å². The van der Waals surface area contributed by atoms with E-state index in [1.165, 1.54) is 0 Å². The van der Waals surface area contributed by atoms with Crippen molar-refractivity contribution in [1.82, 2.24) is 7.94 Å². The Morgan fingerprint density at radius 3 is 1.50 bits per heavy atom. The topological polar surface area (TPSA) is 154 Å². The third-order valence-electron chi connectivity index (χ3n) is 2.04. The molecule has 0 amide bonds. The highest BCUT2D eigenvalue weighted by Crippen LogP contribution is 2.34. The zero-order chi connectivity index (χ0) is 18.3. The molecule has 11 nitrogen and oxygen atoms in total. The van der Waals surface area contributed by atoms with Gasteiger partial charge in [-0.15, -0.1) is 22.7 Å². The molecule has 2 aromatic heterocycles. The molecule has 0 aliphatic rings. The van der Waals surface area contributed by atoms with Crippen LogP contribution < -0.4 is 0 Å². The monoisotopic (exact) mass is 471 g/mol.